The van der Waals surface area contributed by atoms with Gasteiger partial charge in [-0.05, 0) is 35.2 Å². The van der Waals surface area contributed by atoms with Crippen molar-refractivity contribution in [2.45, 2.75) is 25.1 Å². The predicted molar refractivity (Wildman–Crippen MR) is 94.1 cm³/mol. The molecule has 1 aliphatic rings. The second kappa shape index (κ2) is 6.05. The Bertz CT molecular complexity index is 682. The number of hydrogen-bond donors (Lipinski definition) is 1. The molecule has 2 aromatic rings. The van der Waals surface area contributed by atoms with Gasteiger partial charge in [-0.15, -0.1) is 11.8 Å². The van der Waals surface area contributed by atoms with Gasteiger partial charge in [0.2, 0.25) is 5.91 Å². The summed E-state index contributed by atoms with van der Waals surface area (Å²) >= 11 is 1.67. The lowest BCUT2D eigenvalue weighted by Gasteiger charge is -2.27. The van der Waals surface area contributed by atoms with Crippen molar-refractivity contribution < 1.29 is 4.79 Å². The molecule has 1 aliphatic heterocycles. The van der Waals surface area contributed by atoms with E-state index in [4.69, 9.17) is 5.73 Å². The van der Waals surface area contributed by atoms with Crippen molar-refractivity contribution in [2.75, 3.05) is 16.4 Å². The predicted octanol–water partition coefficient (Wildman–Crippen LogP) is 4.17. The topological polar surface area (TPSA) is 46.3 Å². The molecule has 2 aromatic carbocycles. The number of anilines is 2. The van der Waals surface area contributed by atoms with Crippen molar-refractivity contribution in [3.63, 3.8) is 0 Å². The largest absolute Gasteiger partial charge is 0.399 e. The van der Waals surface area contributed by atoms with E-state index in [0.717, 1.165) is 16.9 Å². The zero-order chi connectivity index (χ0) is 15.7. The fraction of sp³-hybridized carbons (Fsp3) is 0.278. The van der Waals surface area contributed by atoms with Gasteiger partial charge in [-0.25, -0.2) is 0 Å². The summed E-state index contributed by atoms with van der Waals surface area (Å²) in [6, 6.07) is 16.0. The second-order valence-corrected chi connectivity index (χ2v) is 6.88. The van der Waals surface area contributed by atoms with Gasteiger partial charge in [-0.3, -0.25) is 9.69 Å². The maximum absolute atomic E-state index is 12.5. The highest BCUT2D eigenvalue weighted by Crippen LogP contribution is 2.44. The van der Waals surface area contributed by atoms with Gasteiger partial charge in [0.1, 0.15) is 5.37 Å². The van der Waals surface area contributed by atoms with E-state index in [1.54, 1.807) is 11.8 Å². The lowest BCUT2D eigenvalue weighted by molar-refractivity contribution is -0.115. The van der Waals surface area contributed by atoms with Crippen molar-refractivity contribution in [1.82, 2.24) is 0 Å². The molecule has 1 amide bonds. The number of benzene rings is 2. The molecule has 3 nitrogen and oxygen atoms in total. The van der Waals surface area contributed by atoms with Gasteiger partial charge < -0.3 is 5.73 Å². The van der Waals surface area contributed by atoms with Crippen LogP contribution in [-0.2, 0) is 4.79 Å². The number of thioether (sulfide) groups is 1. The molecular weight excluding hydrogens is 292 g/mol. The monoisotopic (exact) mass is 312 g/mol. The van der Waals surface area contributed by atoms with Crippen LogP contribution in [0.5, 0.6) is 0 Å². The van der Waals surface area contributed by atoms with Gasteiger partial charge >= 0.3 is 0 Å². The molecule has 0 radical (unpaired) electrons. The fourth-order valence-corrected chi connectivity index (χ4v) is 3.96. The average molecular weight is 312 g/mol. The minimum Gasteiger partial charge on any atom is -0.399 e. The summed E-state index contributed by atoms with van der Waals surface area (Å²) in [5.41, 5.74) is 9.86. The molecule has 0 bridgehead atoms. The Labute approximate surface area is 135 Å². The van der Waals surface area contributed by atoms with E-state index in [0.29, 0.717) is 11.7 Å². The number of rotatable bonds is 3. The van der Waals surface area contributed by atoms with Crippen LogP contribution in [0.4, 0.5) is 11.4 Å². The van der Waals surface area contributed by atoms with Crippen molar-refractivity contribution in [3.8, 4) is 0 Å². The van der Waals surface area contributed by atoms with Crippen LogP contribution >= 0.6 is 11.8 Å². The number of amides is 1. The third-order valence-electron chi connectivity index (χ3n) is 3.91. The first-order valence-corrected chi connectivity index (χ1v) is 8.51. The lowest BCUT2D eigenvalue weighted by Crippen LogP contribution is -2.29. The summed E-state index contributed by atoms with van der Waals surface area (Å²) in [5, 5.41) is 0.0213. The van der Waals surface area contributed by atoms with E-state index in [1.165, 1.54) is 5.56 Å². The van der Waals surface area contributed by atoms with Crippen LogP contribution in [0.2, 0.25) is 0 Å². The molecule has 4 heteroatoms. The Hall–Kier alpha value is -1.94. The molecule has 0 aromatic heterocycles. The minimum absolute atomic E-state index is 0.0213. The van der Waals surface area contributed by atoms with Crippen LogP contribution < -0.4 is 10.6 Å². The second-order valence-electron chi connectivity index (χ2n) is 5.81. The maximum atomic E-state index is 12.5. The fourth-order valence-electron chi connectivity index (χ4n) is 2.79. The lowest BCUT2D eigenvalue weighted by atomic mass is 10.00. The molecule has 3 rings (SSSR count). The summed E-state index contributed by atoms with van der Waals surface area (Å²) in [6.45, 7) is 4.31. The molecule has 0 unspecified atom stereocenters. The number of nitrogens with zero attached hydrogens (tertiary/aromatic N) is 1. The van der Waals surface area contributed by atoms with Gasteiger partial charge in [-0.2, -0.15) is 0 Å². The average Bonchev–Trinajstić information content (AvgIpc) is 2.89. The standard InChI is InChI=1S/C18H20N2OS/c1-12(2)15-5-3-4-6-16(15)20-17(21)11-22-18(20)13-7-9-14(19)10-8-13/h3-10,12,18H,11,19H2,1-2H3/t18-/m0/s1. The van der Waals surface area contributed by atoms with E-state index in [-0.39, 0.29) is 11.3 Å². The van der Waals surface area contributed by atoms with Gasteiger partial charge in [0.25, 0.3) is 0 Å². The molecule has 22 heavy (non-hydrogen) atoms. The highest BCUT2D eigenvalue weighted by atomic mass is 32.2. The van der Waals surface area contributed by atoms with Gasteiger partial charge in [-0.1, -0.05) is 44.2 Å². The van der Waals surface area contributed by atoms with E-state index in [9.17, 15) is 4.79 Å². The van der Waals surface area contributed by atoms with Crippen LogP contribution in [0.15, 0.2) is 48.5 Å². The number of carbonyl (C=O) groups is 1. The summed E-state index contributed by atoms with van der Waals surface area (Å²) in [4.78, 5) is 14.4. The maximum Gasteiger partial charge on any atom is 0.238 e. The van der Waals surface area contributed by atoms with Crippen LogP contribution in [0.1, 0.15) is 36.3 Å². The zero-order valence-corrected chi connectivity index (χ0v) is 13.6. The van der Waals surface area contributed by atoms with Gasteiger partial charge in [0.05, 0.1) is 5.75 Å². The third-order valence-corrected chi connectivity index (χ3v) is 5.12. The minimum atomic E-state index is 0.0213. The molecule has 114 valence electrons. The summed E-state index contributed by atoms with van der Waals surface area (Å²) in [6.07, 6.45) is 0. The molecule has 2 N–H and O–H groups in total. The zero-order valence-electron chi connectivity index (χ0n) is 12.8. The molecule has 1 heterocycles. The Morgan fingerprint density at radius 3 is 2.50 bits per heavy atom. The van der Waals surface area contributed by atoms with Crippen molar-refractivity contribution in [1.29, 1.82) is 0 Å². The Morgan fingerprint density at radius 2 is 1.82 bits per heavy atom. The quantitative estimate of drug-likeness (QED) is 0.865. The summed E-state index contributed by atoms with van der Waals surface area (Å²) < 4.78 is 0. The van der Waals surface area contributed by atoms with E-state index in [2.05, 4.69) is 19.9 Å². The van der Waals surface area contributed by atoms with Gasteiger partial charge in [0, 0.05) is 11.4 Å². The first kappa shape index (κ1) is 15.0. The van der Waals surface area contributed by atoms with E-state index >= 15 is 0 Å². The summed E-state index contributed by atoms with van der Waals surface area (Å²) in [5.74, 6) is 1.06. The van der Waals surface area contributed by atoms with Crippen LogP contribution in [0.3, 0.4) is 0 Å². The molecule has 0 saturated carbocycles. The van der Waals surface area contributed by atoms with Crippen LogP contribution in [-0.4, -0.2) is 11.7 Å². The first-order valence-electron chi connectivity index (χ1n) is 7.46. The van der Waals surface area contributed by atoms with E-state index < -0.39 is 0 Å². The SMILES string of the molecule is CC(C)c1ccccc1N1C(=O)CS[C@H]1c1ccc(N)cc1. The van der Waals surface area contributed by atoms with Crippen molar-refractivity contribution >= 4 is 29.0 Å². The molecule has 1 atom stereocenters. The Morgan fingerprint density at radius 1 is 1.14 bits per heavy atom. The van der Waals surface area contributed by atoms with Gasteiger partial charge in [0.15, 0.2) is 0 Å². The highest BCUT2D eigenvalue weighted by molar-refractivity contribution is 8.00. The smallest absolute Gasteiger partial charge is 0.238 e. The van der Waals surface area contributed by atoms with Crippen molar-refractivity contribution in [2.24, 2.45) is 0 Å². The van der Waals surface area contributed by atoms with Crippen LogP contribution in [0.25, 0.3) is 0 Å². The number of para-hydroxylation sites is 1. The molecule has 1 fully saturated rings. The summed E-state index contributed by atoms with van der Waals surface area (Å²) in [7, 11) is 0. The number of hydrogen-bond acceptors (Lipinski definition) is 3. The highest BCUT2D eigenvalue weighted by Gasteiger charge is 2.35. The van der Waals surface area contributed by atoms with E-state index in [1.807, 2.05) is 47.4 Å². The Kier molecular flexibility index (Phi) is 4.12. The number of nitrogen functional groups attached to an aromatic ring is 1. The Balaban J connectivity index is 2.03. The molecule has 0 aliphatic carbocycles. The van der Waals surface area contributed by atoms with Crippen molar-refractivity contribution in [3.05, 3.63) is 59.7 Å². The van der Waals surface area contributed by atoms with Crippen LogP contribution in [0, 0.1) is 0 Å². The third kappa shape index (κ3) is 2.71. The first-order chi connectivity index (χ1) is 10.6. The number of nitrogens with two attached hydrogens (primary N) is 1. The molecule has 0 spiro atoms. The molecular formula is C18H20N2OS. The normalized spacial score (nSPS) is 18.2. The number of carbonyl (C=O) groups excluding carboxylic acids is 1. The molecule has 1 saturated heterocycles.